The molecule has 0 saturated heterocycles. The van der Waals surface area contributed by atoms with Crippen LogP contribution < -0.4 is 5.73 Å². The van der Waals surface area contributed by atoms with Gasteiger partial charge in [0.05, 0.1) is 0 Å². The van der Waals surface area contributed by atoms with Gasteiger partial charge in [0.15, 0.2) is 0 Å². The highest BCUT2D eigenvalue weighted by atomic mass is 19.1. The van der Waals surface area contributed by atoms with Crippen LogP contribution >= 0.6 is 0 Å². The van der Waals surface area contributed by atoms with Crippen LogP contribution in [0.25, 0.3) is 0 Å². The fourth-order valence-corrected chi connectivity index (χ4v) is 1.89. The average molecular weight is 269 g/mol. The van der Waals surface area contributed by atoms with Gasteiger partial charge in [-0.05, 0) is 30.2 Å². The number of nitrogens with two attached hydrogens (primary N) is 1. The summed E-state index contributed by atoms with van der Waals surface area (Å²) in [5.41, 5.74) is 5.50. The number of halogens is 4. The Morgan fingerprint density at radius 3 is 2.11 bits per heavy atom. The van der Waals surface area contributed by atoms with Crippen LogP contribution in [0.4, 0.5) is 17.6 Å². The van der Waals surface area contributed by atoms with Crippen LogP contribution in [-0.4, -0.2) is 0 Å². The first-order valence-corrected chi connectivity index (χ1v) is 5.62. The third kappa shape index (κ3) is 2.93. The van der Waals surface area contributed by atoms with E-state index in [-0.39, 0.29) is 17.5 Å². The summed E-state index contributed by atoms with van der Waals surface area (Å²) >= 11 is 0. The Bertz CT molecular complexity index is 578. The number of hydrogen-bond acceptors (Lipinski definition) is 1. The minimum Gasteiger partial charge on any atom is -0.323 e. The fourth-order valence-electron chi connectivity index (χ4n) is 1.89. The van der Waals surface area contributed by atoms with Crippen LogP contribution in [-0.2, 0) is 6.42 Å². The van der Waals surface area contributed by atoms with Crippen molar-refractivity contribution in [2.24, 2.45) is 5.73 Å². The molecule has 1 nitrogen and oxygen atoms in total. The molecule has 1 unspecified atom stereocenters. The summed E-state index contributed by atoms with van der Waals surface area (Å²) in [7, 11) is 0. The molecule has 2 aromatic rings. The van der Waals surface area contributed by atoms with Gasteiger partial charge >= 0.3 is 0 Å². The third-order valence-corrected chi connectivity index (χ3v) is 2.83. The average Bonchev–Trinajstić information content (AvgIpc) is 2.32. The molecule has 0 bridgehead atoms. The largest absolute Gasteiger partial charge is 0.323 e. The smallest absolute Gasteiger partial charge is 0.130 e. The lowest BCUT2D eigenvalue weighted by atomic mass is 9.98. The van der Waals surface area contributed by atoms with E-state index in [4.69, 9.17) is 5.73 Å². The minimum atomic E-state index is -1.04. The van der Waals surface area contributed by atoms with Crippen LogP contribution in [0.2, 0.25) is 0 Å². The number of rotatable bonds is 3. The second-order valence-electron chi connectivity index (χ2n) is 4.18. The van der Waals surface area contributed by atoms with E-state index in [0.29, 0.717) is 6.07 Å². The highest BCUT2D eigenvalue weighted by Gasteiger charge is 2.18. The second kappa shape index (κ2) is 5.40. The standard InChI is InChI=1S/C14H11F4N/c15-9-5-4-8(12(18)7-9)6-13(19)14-10(16)2-1-3-11(14)17/h1-5,7,13H,6,19H2. The first kappa shape index (κ1) is 13.5. The molecule has 2 N–H and O–H groups in total. The first-order chi connectivity index (χ1) is 8.99. The van der Waals surface area contributed by atoms with Crippen molar-refractivity contribution in [3.63, 3.8) is 0 Å². The van der Waals surface area contributed by atoms with E-state index in [1.54, 1.807) is 0 Å². The molecule has 0 aliphatic carbocycles. The molecule has 2 aromatic carbocycles. The maximum Gasteiger partial charge on any atom is 0.130 e. The van der Waals surface area contributed by atoms with E-state index in [9.17, 15) is 17.6 Å². The van der Waals surface area contributed by atoms with Gasteiger partial charge in [0, 0.05) is 17.7 Å². The molecule has 0 aliphatic rings. The van der Waals surface area contributed by atoms with E-state index < -0.39 is 29.3 Å². The predicted molar refractivity (Wildman–Crippen MR) is 63.3 cm³/mol. The molecule has 5 heteroatoms. The second-order valence-corrected chi connectivity index (χ2v) is 4.18. The zero-order valence-electron chi connectivity index (χ0n) is 9.84. The van der Waals surface area contributed by atoms with Crippen molar-refractivity contribution in [2.45, 2.75) is 12.5 Å². The Labute approximate surface area is 107 Å². The van der Waals surface area contributed by atoms with E-state index in [2.05, 4.69) is 0 Å². The summed E-state index contributed by atoms with van der Waals surface area (Å²) in [6, 6.07) is 5.34. The van der Waals surface area contributed by atoms with Crippen molar-refractivity contribution in [3.8, 4) is 0 Å². The SMILES string of the molecule is NC(Cc1ccc(F)cc1F)c1c(F)cccc1F. The highest BCUT2D eigenvalue weighted by molar-refractivity contribution is 5.27. The molecule has 0 aromatic heterocycles. The van der Waals surface area contributed by atoms with Gasteiger partial charge < -0.3 is 5.73 Å². The van der Waals surface area contributed by atoms with E-state index >= 15 is 0 Å². The van der Waals surface area contributed by atoms with Crippen LogP contribution in [0, 0.1) is 23.3 Å². The Hall–Kier alpha value is -1.88. The Kier molecular flexibility index (Phi) is 3.85. The zero-order chi connectivity index (χ0) is 14.0. The normalized spacial score (nSPS) is 12.5. The van der Waals surface area contributed by atoms with Crippen molar-refractivity contribution < 1.29 is 17.6 Å². The van der Waals surface area contributed by atoms with Gasteiger partial charge in [0.25, 0.3) is 0 Å². The summed E-state index contributed by atoms with van der Waals surface area (Å²) < 4.78 is 53.2. The predicted octanol–water partition coefficient (Wildman–Crippen LogP) is 3.49. The Morgan fingerprint density at radius 2 is 1.53 bits per heavy atom. The molecule has 2 rings (SSSR count). The quantitative estimate of drug-likeness (QED) is 0.848. The highest BCUT2D eigenvalue weighted by Crippen LogP contribution is 2.23. The fraction of sp³-hybridized carbons (Fsp3) is 0.143. The Balaban J connectivity index is 2.28. The minimum absolute atomic E-state index is 0.108. The first-order valence-electron chi connectivity index (χ1n) is 5.62. The lowest BCUT2D eigenvalue weighted by Gasteiger charge is -2.14. The van der Waals surface area contributed by atoms with E-state index in [1.165, 1.54) is 12.1 Å². The van der Waals surface area contributed by atoms with Gasteiger partial charge in [-0.25, -0.2) is 17.6 Å². The van der Waals surface area contributed by atoms with Crippen LogP contribution in [0.1, 0.15) is 17.2 Å². The van der Waals surface area contributed by atoms with Gasteiger partial charge in [0.1, 0.15) is 23.3 Å². The van der Waals surface area contributed by atoms with Crippen LogP contribution in [0.15, 0.2) is 36.4 Å². The van der Waals surface area contributed by atoms with Crippen molar-refractivity contribution >= 4 is 0 Å². The monoisotopic (exact) mass is 269 g/mol. The van der Waals surface area contributed by atoms with E-state index in [0.717, 1.165) is 18.2 Å². The summed E-state index contributed by atoms with van der Waals surface area (Å²) in [6.45, 7) is 0. The van der Waals surface area contributed by atoms with Crippen molar-refractivity contribution in [1.82, 2.24) is 0 Å². The van der Waals surface area contributed by atoms with Crippen LogP contribution in [0.5, 0.6) is 0 Å². The summed E-state index contributed by atoms with van der Waals surface area (Å²) in [6.07, 6.45) is -0.121. The molecule has 100 valence electrons. The molecule has 19 heavy (non-hydrogen) atoms. The van der Waals surface area contributed by atoms with Gasteiger partial charge in [-0.2, -0.15) is 0 Å². The van der Waals surface area contributed by atoms with Gasteiger partial charge in [-0.15, -0.1) is 0 Å². The van der Waals surface area contributed by atoms with E-state index in [1.807, 2.05) is 0 Å². The van der Waals surface area contributed by atoms with Crippen molar-refractivity contribution in [1.29, 1.82) is 0 Å². The van der Waals surface area contributed by atoms with Crippen molar-refractivity contribution in [3.05, 3.63) is 70.8 Å². The lowest BCUT2D eigenvalue weighted by molar-refractivity contribution is 0.515. The molecule has 0 amide bonds. The molecule has 0 saturated carbocycles. The molecule has 0 heterocycles. The number of benzene rings is 2. The van der Waals surface area contributed by atoms with Gasteiger partial charge in [-0.3, -0.25) is 0 Å². The van der Waals surface area contributed by atoms with Crippen LogP contribution in [0.3, 0.4) is 0 Å². The molecule has 0 fully saturated rings. The molecule has 0 spiro atoms. The van der Waals surface area contributed by atoms with Gasteiger partial charge in [0.2, 0.25) is 0 Å². The molecular weight excluding hydrogens is 258 g/mol. The summed E-state index contributed by atoms with van der Waals surface area (Å²) in [5.74, 6) is -3.07. The van der Waals surface area contributed by atoms with Gasteiger partial charge in [-0.1, -0.05) is 12.1 Å². The number of hydrogen-bond donors (Lipinski definition) is 1. The molecular formula is C14H11F4N. The maximum absolute atomic E-state index is 13.5. The Morgan fingerprint density at radius 1 is 0.895 bits per heavy atom. The summed E-state index contributed by atoms with van der Waals surface area (Å²) in [4.78, 5) is 0. The third-order valence-electron chi connectivity index (χ3n) is 2.83. The van der Waals surface area contributed by atoms with Crippen molar-refractivity contribution in [2.75, 3.05) is 0 Å². The lowest BCUT2D eigenvalue weighted by Crippen LogP contribution is -2.17. The zero-order valence-corrected chi connectivity index (χ0v) is 9.84. The topological polar surface area (TPSA) is 26.0 Å². The molecule has 0 radical (unpaired) electrons. The molecule has 0 aliphatic heterocycles. The maximum atomic E-state index is 13.5. The summed E-state index contributed by atoms with van der Waals surface area (Å²) in [5, 5.41) is 0. The molecule has 1 atom stereocenters.